The summed E-state index contributed by atoms with van der Waals surface area (Å²) in [5.74, 6) is -2.51. The fourth-order valence-electron chi connectivity index (χ4n) is 4.05. The highest BCUT2D eigenvalue weighted by molar-refractivity contribution is 5.89. The standard InChI is InChI=1S/2C10H24N.C4H4O4/c2*1-5-8-11(4,9-6-2)10-7-3;5-3(6)1-2-4(7)8/h2*5-10H2,1-4H3;1-2H,(H,5,6)(H,7,8)/q2*+1;/b;;2-1+. The second kappa shape index (κ2) is 20.9. The van der Waals surface area contributed by atoms with Crippen LogP contribution in [0.25, 0.3) is 0 Å². The molecule has 0 aromatic carbocycles. The van der Waals surface area contributed by atoms with E-state index in [0.717, 1.165) is 0 Å². The summed E-state index contributed by atoms with van der Waals surface area (Å²) in [7, 11) is 4.77. The van der Waals surface area contributed by atoms with Gasteiger partial charge >= 0.3 is 11.9 Å². The number of rotatable bonds is 14. The van der Waals surface area contributed by atoms with Gasteiger partial charge in [-0.1, -0.05) is 41.5 Å². The van der Waals surface area contributed by atoms with Gasteiger partial charge in [0.25, 0.3) is 0 Å². The molecule has 0 atom stereocenters. The third-order valence-corrected chi connectivity index (χ3v) is 4.95. The van der Waals surface area contributed by atoms with Gasteiger partial charge in [0.1, 0.15) is 0 Å². The van der Waals surface area contributed by atoms with E-state index in [1.54, 1.807) is 0 Å². The number of carbonyl (C=O) groups is 2. The van der Waals surface area contributed by atoms with Gasteiger partial charge in [0.05, 0.1) is 53.4 Å². The molecule has 0 unspecified atom stereocenters. The Morgan fingerprint density at radius 1 is 0.533 bits per heavy atom. The van der Waals surface area contributed by atoms with Gasteiger partial charge in [0.15, 0.2) is 0 Å². The molecule has 6 nitrogen and oxygen atoms in total. The van der Waals surface area contributed by atoms with Gasteiger partial charge in [-0.2, -0.15) is 0 Å². The number of carboxylic acid groups (broad SMARTS) is 2. The number of hydrogen-bond donors (Lipinski definition) is 2. The van der Waals surface area contributed by atoms with Gasteiger partial charge in [-0.15, -0.1) is 0 Å². The van der Waals surface area contributed by atoms with Crippen LogP contribution in [0.2, 0.25) is 0 Å². The highest BCUT2D eigenvalue weighted by Crippen LogP contribution is 2.07. The highest BCUT2D eigenvalue weighted by atomic mass is 16.4. The zero-order chi connectivity index (χ0) is 24.1. The normalized spacial score (nSPS) is 11.3. The number of carboxylic acids is 2. The lowest BCUT2D eigenvalue weighted by Gasteiger charge is -2.33. The van der Waals surface area contributed by atoms with Crippen LogP contribution in [0.1, 0.15) is 80.1 Å². The molecule has 0 heterocycles. The molecular formula is C24H52N2O4+2. The molecule has 180 valence electrons. The van der Waals surface area contributed by atoms with Crippen molar-refractivity contribution in [1.29, 1.82) is 0 Å². The van der Waals surface area contributed by atoms with Crippen molar-refractivity contribution in [2.75, 3.05) is 53.4 Å². The maximum atomic E-state index is 9.55. The Hall–Kier alpha value is -1.40. The summed E-state index contributed by atoms with van der Waals surface area (Å²) in [6.07, 6.45) is 9.01. The zero-order valence-electron chi connectivity index (χ0n) is 21.2. The van der Waals surface area contributed by atoms with Gasteiger partial charge in [0, 0.05) is 12.2 Å². The molecule has 0 aliphatic rings. The van der Waals surface area contributed by atoms with E-state index in [0.29, 0.717) is 12.2 Å². The van der Waals surface area contributed by atoms with E-state index in [2.05, 4.69) is 55.6 Å². The second-order valence-electron chi connectivity index (χ2n) is 8.59. The van der Waals surface area contributed by atoms with Crippen LogP contribution < -0.4 is 0 Å². The Labute approximate surface area is 186 Å². The first-order valence-corrected chi connectivity index (χ1v) is 11.8. The summed E-state index contributed by atoms with van der Waals surface area (Å²) in [5, 5.41) is 15.6. The van der Waals surface area contributed by atoms with Crippen LogP contribution in [0.5, 0.6) is 0 Å². The van der Waals surface area contributed by atoms with E-state index in [-0.39, 0.29) is 0 Å². The Bertz CT molecular complexity index is 376. The Balaban J connectivity index is -0.000000370. The summed E-state index contributed by atoms with van der Waals surface area (Å²) in [6.45, 7) is 21.8. The Morgan fingerprint density at radius 2 is 0.700 bits per heavy atom. The third-order valence-electron chi connectivity index (χ3n) is 4.95. The lowest BCUT2D eigenvalue weighted by Crippen LogP contribution is -2.45. The molecule has 2 N–H and O–H groups in total. The molecule has 30 heavy (non-hydrogen) atoms. The molecule has 0 fully saturated rings. The van der Waals surface area contributed by atoms with Crippen molar-refractivity contribution in [2.45, 2.75) is 80.1 Å². The molecule has 0 saturated carbocycles. The first kappa shape index (κ1) is 33.2. The molecule has 0 aliphatic heterocycles. The zero-order valence-corrected chi connectivity index (χ0v) is 21.2. The Morgan fingerprint density at radius 3 is 0.800 bits per heavy atom. The molecule has 0 aromatic rings. The third kappa shape index (κ3) is 22.9. The lowest BCUT2D eigenvalue weighted by atomic mass is 10.2. The van der Waals surface area contributed by atoms with Crippen LogP contribution in [0, 0.1) is 0 Å². The largest absolute Gasteiger partial charge is 0.478 e. The second-order valence-corrected chi connectivity index (χ2v) is 8.59. The summed E-state index contributed by atoms with van der Waals surface area (Å²) >= 11 is 0. The predicted octanol–water partition coefficient (Wildman–Crippen LogP) is 5.04. The van der Waals surface area contributed by atoms with E-state index < -0.39 is 11.9 Å². The molecule has 6 heteroatoms. The quantitative estimate of drug-likeness (QED) is 0.298. The molecular weight excluding hydrogens is 380 g/mol. The van der Waals surface area contributed by atoms with E-state index in [1.807, 2.05) is 0 Å². The first-order valence-electron chi connectivity index (χ1n) is 11.8. The van der Waals surface area contributed by atoms with Crippen LogP contribution in [0.4, 0.5) is 0 Å². The molecule has 0 spiro atoms. The highest BCUT2D eigenvalue weighted by Gasteiger charge is 2.17. The number of hydrogen-bond acceptors (Lipinski definition) is 2. The van der Waals surface area contributed by atoms with Crippen molar-refractivity contribution in [3.8, 4) is 0 Å². The van der Waals surface area contributed by atoms with Crippen molar-refractivity contribution in [3.63, 3.8) is 0 Å². The van der Waals surface area contributed by atoms with Crippen LogP contribution >= 0.6 is 0 Å². The van der Waals surface area contributed by atoms with Crippen LogP contribution in [0.3, 0.4) is 0 Å². The van der Waals surface area contributed by atoms with Crippen molar-refractivity contribution >= 4 is 11.9 Å². The average Bonchev–Trinajstić information content (AvgIpc) is 2.62. The smallest absolute Gasteiger partial charge is 0.328 e. The summed E-state index contributed by atoms with van der Waals surface area (Å²) < 4.78 is 2.56. The van der Waals surface area contributed by atoms with Crippen molar-refractivity contribution < 1.29 is 28.8 Å². The fraction of sp³-hybridized carbons (Fsp3) is 0.833. The van der Waals surface area contributed by atoms with E-state index in [1.165, 1.54) is 86.8 Å². The number of aliphatic carboxylic acids is 2. The summed E-state index contributed by atoms with van der Waals surface area (Å²) in [5.41, 5.74) is 0. The Kier molecular flexibility index (Phi) is 23.1. The summed E-state index contributed by atoms with van der Waals surface area (Å²) in [4.78, 5) is 19.1. The van der Waals surface area contributed by atoms with E-state index in [4.69, 9.17) is 10.2 Å². The van der Waals surface area contributed by atoms with Gasteiger partial charge in [0.2, 0.25) is 0 Å². The molecule has 0 bridgehead atoms. The van der Waals surface area contributed by atoms with Crippen LogP contribution in [0.15, 0.2) is 12.2 Å². The summed E-state index contributed by atoms with van der Waals surface area (Å²) in [6, 6.07) is 0. The minimum Gasteiger partial charge on any atom is -0.478 e. The molecule has 0 saturated heterocycles. The van der Waals surface area contributed by atoms with Crippen molar-refractivity contribution in [3.05, 3.63) is 12.2 Å². The minimum atomic E-state index is -1.26. The topological polar surface area (TPSA) is 74.6 Å². The van der Waals surface area contributed by atoms with Gasteiger partial charge < -0.3 is 19.2 Å². The lowest BCUT2D eigenvalue weighted by molar-refractivity contribution is -0.909. The maximum Gasteiger partial charge on any atom is 0.328 e. The molecule has 0 aliphatic carbocycles. The molecule has 0 aromatic heterocycles. The van der Waals surface area contributed by atoms with Crippen LogP contribution in [-0.4, -0.2) is 84.5 Å². The van der Waals surface area contributed by atoms with Crippen molar-refractivity contribution in [2.24, 2.45) is 0 Å². The molecule has 0 rings (SSSR count). The first-order chi connectivity index (χ1) is 14.0. The number of quaternary nitrogens is 2. The SMILES string of the molecule is CCC[N+](C)(CCC)CCC.CCC[N+](C)(CCC)CCC.O=C(O)/C=C/C(=O)O. The number of nitrogens with zero attached hydrogens (tertiary/aromatic N) is 2. The van der Waals surface area contributed by atoms with Gasteiger partial charge in [-0.05, 0) is 38.5 Å². The molecule has 0 radical (unpaired) electrons. The van der Waals surface area contributed by atoms with Crippen LogP contribution in [-0.2, 0) is 9.59 Å². The fourth-order valence-corrected chi connectivity index (χ4v) is 4.05. The molecule has 0 amide bonds. The van der Waals surface area contributed by atoms with Gasteiger partial charge in [-0.25, -0.2) is 9.59 Å². The predicted molar refractivity (Wildman–Crippen MR) is 128 cm³/mol. The van der Waals surface area contributed by atoms with Gasteiger partial charge in [-0.3, -0.25) is 0 Å². The average molecular weight is 433 g/mol. The monoisotopic (exact) mass is 432 g/mol. The van der Waals surface area contributed by atoms with E-state index in [9.17, 15) is 9.59 Å². The van der Waals surface area contributed by atoms with Crippen molar-refractivity contribution in [1.82, 2.24) is 0 Å². The maximum absolute atomic E-state index is 9.55. The minimum absolute atomic E-state index is 0.558. The van der Waals surface area contributed by atoms with E-state index >= 15 is 0 Å².